The van der Waals surface area contributed by atoms with Crippen LogP contribution < -0.4 is 10.0 Å². The van der Waals surface area contributed by atoms with E-state index in [0.717, 1.165) is 12.1 Å². The normalized spacial score (nSPS) is 16.8. The molecule has 0 saturated heterocycles. The third-order valence-corrected chi connectivity index (χ3v) is 6.50. The van der Waals surface area contributed by atoms with Crippen molar-refractivity contribution < 1.29 is 22.3 Å². The van der Waals surface area contributed by atoms with Crippen LogP contribution in [-0.2, 0) is 16.6 Å². The predicted molar refractivity (Wildman–Crippen MR) is 114 cm³/mol. The minimum Gasteiger partial charge on any atom is -0.508 e. The van der Waals surface area contributed by atoms with Gasteiger partial charge in [0.1, 0.15) is 22.3 Å². The standard InChI is InChI=1S/C22H19F2N3O3S/c1-13(15-7-3-4-8-16(15)23)20-17(24)10-11-19-21(20)26-22(27-31(19,29)30)25-12-14-6-2-5-9-18(14)28/h2-11,13,28H,12H2,1H3,(H2,25,26,27)/t13-/m0/s1. The number of rotatable bonds is 4. The Morgan fingerprint density at radius 2 is 1.71 bits per heavy atom. The van der Waals surface area contributed by atoms with Crippen LogP contribution in [0.25, 0.3) is 0 Å². The molecule has 1 aliphatic heterocycles. The highest BCUT2D eigenvalue weighted by molar-refractivity contribution is 7.90. The van der Waals surface area contributed by atoms with Crippen molar-refractivity contribution in [1.29, 1.82) is 0 Å². The van der Waals surface area contributed by atoms with Gasteiger partial charge in [-0.15, -0.1) is 0 Å². The van der Waals surface area contributed by atoms with Crippen LogP contribution in [0.2, 0.25) is 0 Å². The van der Waals surface area contributed by atoms with E-state index in [0.29, 0.717) is 5.56 Å². The summed E-state index contributed by atoms with van der Waals surface area (Å²) in [6, 6.07) is 14.7. The van der Waals surface area contributed by atoms with Crippen molar-refractivity contribution in [1.82, 2.24) is 4.72 Å². The second-order valence-electron chi connectivity index (χ2n) is 7.10. The first kappa shape index (κ1) is 20.8. The second-order valence-corrected chi connectivity index (χ2v) is 8.75. The Morgan fingerprint density at radius 1 is 1.00 bits per heavy atom. The van der Waals surface area contributed by atoms with E-state index in [4.69, 9.17) is 0 Å². The third kappa shape index (κ3) is 3.96. The highest BCUT2D eigenvalue weighted by atomic mass is 32.2. The number of benzene rings is 3. The summed E-state index contributed by atoms with van der Waals surface area (Å²) in [5, 5.41) is 12.7. The first-order valence-corrected chi connectivity index (χ1v) is 10.9. The van der Waals surface area contributed by atoms with Gasteiger partial charge in [0.15, 0.2) is 0 Å². The molecule has 0 radical (unpaired) electrons. The number of hydrogen-bond donors (Lipinski definition) is 3. The fraction of sp³-hybridized carbons (Fsp3) is 0.136. The summed E-state index contributed by atoms with van der Waals surface area (Å²) < 4.78 is 57.1. The number of guanidine groups is 1. The molecule has 9 heteroatoms. The van der Waals surface area contributed by atoms with Crippen LogP contribution in [0.4, 0.5) is 14.5 Å². The predicted octanol–water partition coefficient (Wildman–Crippen LogP) is 4.08. The van der Waals surface area contributed by atoms with E-state index in [1.165, 1.54) is 24.3 Å². The number of nitrogens with zero attached hydrogens (tertiary/aromatic N) is 1. The Kier molecular flexibility index (Phi) is 5.36. The average Bonchev–Trinajstić information content (AvgIpc) is 2.72. The Hall–Kier alpha value is -3.46. The molecule has 1 atom stereocenters. The van der Waals surface area contributed by atoms with Crippen LogP contribution in [-0.4, -0.2) is 19.5 Å². The summed E-state index contributed by atoms with van der Waals surface area (Å²) in [7, 11) is -4.04. The molecule has 1 aliphatic rings. The zero-order valence-electron chi connectivity index (χ0n) is 16.4. The molecule has 31 heavy (non-hydrogen) atoms. The van der Waals surface area contributed by atoms with E-state index in [-0.39, 0.29) is 40.0 Å². The Balaban J connectivity index is 1.78. The summed E-state index contributed by atoms with van der Waals surface area (Å²) in [5.41, 5.74) is 0.745. The molecule has 3 aromatic rings. The lowest BCUT2D eigenvalue weighted by molar-refractivity contribution is 0.468. The topological polar surface area (TPSA) is 90.8 Å². The quantitative estimate of drug-likeness (QED) is 0.567. The monoisotopic (exact) mass is 443 g/mol. The highest BCUT2D eigenvalue weighted by Crippen LogP contribution is 2.38. The van der Waals surface area contributed by atoms with Crippen molar-refractivity contribution in [2.75, 3.05) is 5.32 Å². The molecule has 0 spiro atoms. The van der Waals surface area contributed by atoms with Gasteiger partial charge in [0.05, 0.1) is 12.2 Å². The minimum absolute atomic E-state index is 0.00513. The lowest BCUT2D eigenvalue weighted by Crippen LogP contribution is -2.41. The third-order valence-electron chi connectivity index (χ3n) is 5.12. The summed E-state index contributed by atoms with van der Waals surface area (Å²) in [5.74, 6) is -2.05. The lowest BCUT2D eigenvalue weighted by atomic mass is 9.91. The number of nitrogens with one attached hydrogen (secondary N) is 2. The van der Waals surface area contributed by atoms with Crippen molar-refractivity contribution >= 4 is 21.7 Å². The van der Waals surface area contributed by atoms with Crippen LogP contribution in [0.3, 0.4) is 0 Å². The molecule has 3 aromatic carbocycles. The summed E-state index contributed by atoms with van der Waals surface area (Å²) in [4.78, 5) is 4.03. The maximum atomic E-state index is 14.9. The molecule has 6 nitrogen and oxygen atoms in total. The zero-order valence-corrected chi connectivity index (χ0v) is 17.2. The summed E-state index contributed by atoms with van der Waals surface area (Å²) >= 11 is 0. The number of aliphatic imine (C=N–C) groups is 1. The number of fused-ring (bicyclic) bond motifs is 1. The van der Waals surface area contributed by atoms with Gasteiger partial charge in [0.25, 0.3) is 10.0 Å². The number of sulfonamides is 1. The largest absolute Gasteiger partial charge is 0.508 e. The van der Waals surface area contributed by atoms with Gasteiger partial charge in [-0.05, 0) is 29.8 Å². The fourth-order valence-corrected chi connectivity index (χ4v) is 4.70. The lowest BCUT2D eigenvalue weighted by Gasteiger charge is -2.26. The highest BCUT2D eigenvalue weighted by Gasteiger charge is 2.32. The smallest absolute Gasteiger partial charge is 0.266 e. The van der Waals surface area contributed by atoms with Gasteiger partial charge < -0.3 is 10.4 Å². The average molecular weight is 443 g/mol. The molecule has 0 aromatic heterocycles. The molecule has 1 heterocycles. The zero-order chi connectivity index (χ0) is 22.2. The Bertz CT molecular complexity index is 1290. The van der Waals surface area contributed by atoms with Gasteiger partial charge in [-0.3, -0.25) is 0 Å². The SMILES string of the molecule is C[C@@H](c1ccccc1F)c1c(F)ccc2c1NC(=NCc1ccccc1O)NS2(=O)=O. The Morgan fingerprint density at radius 3 is 2.45 bits per heavy atom. The van der Waals surface area contributed by atoms with Crippen molar-refractivity contribution in [3.63, 3.8) is 0 Å². The van der Waals surface area contributed by atoms with E-state index in [9.17, 15) is 22.3 Å². The number of anilines is 1. The van der Waals surface area contributed by atoms with E-state index >= 15 is 0 Å². The first-order chi connectivity index (χ1) is 14.8. The summed E-state index contributed by atoms with van der Waals surface area (Å²) in [6.45, 7) is 1.59. The number of hydrogen-bond acceptors (Lipinski definition) is 4. The molecule has 0 aliphatic carbocycles. The van der Waals surface area contributed by atoms with Gasteiger partial charge in [0.2, 0.25) is 5.96 Å². The van der Waals surface area contributed by atoms with Crippen LogP contribution in [0.5, 0.6) is 5.75 Å². The number of phenolic OH excluding ortho intramolecular Hbond substituents is 1. The number of para-hydroxylation sites is 1. The summed E-state index contributed by atoms with van der Waals surface area (Å²) in [6.07, 6.45) is 0. The van der Waals surface area contributed by atoms with Crippen LogP contribution in [0, 0.1) is 11.6 Å². The molecule has 160 valence electrons. The van der Waals surface area contributed by atoms with E-state index < -0.39 is 27.6 Å². The number of halogens is 2. The van der Waals surface area contributed by atoms with E-state index in [1.54, 1.807) is 31.2 Å². The van der Waals surface area contributed by atoms with E-state index in [2.05, 4.69) is 15.0 Å². The molecular weight excluding hydrogens is 424 g/mol. The molecule has 0 fully saturated rings. The van der Waals surface area contributed by atoms with Gasteiger partial charge in [-0.1, -0.05) is 43.3 Å². The molecule has 4 rings (SSSR count). The number of phenols is 1. The molecular formula is C22H19F2N3O3S. The second kappa shape index (κ2) is 7.99. The first-order valence-electron chi connectivity index (χ1n) is 9.46. The minimum atomic E-state index is -4.04. The molecule has 3 N–H and O–H groups in total. The van der Waals surface area contributed by atoms with Gasteiger partial charge in [-0.2, -0.15) is 0 Å². The Labute approximate surface area is 178 Å². The maximum absolute atomic E-state index is 14.9. The molecule has 0 unspecified atom stereocenters. The number of aromatic hydroxyl groups is 1. The van der Waals surface area contributed by atoms with Crippen LogP contribution >= 0.6 is 0 Å². The van der Waals surface area contributed by atoms with Crippen molar-refractivity contribution in [2.24, 2.45) is 4.99 Å². The van der Waals surface area contributed by atoms with Crippen LogP contribution in [0.1, 0.15) is 29.5 Å². The van der Waals surface area contributed by atoms with Crippen molar-refractivity contribution in [2.45, 2.75) is 24.3 Å². The molecule has 0 amide bonds. The fourth-order valence-electron chi connectivity index (χ4n) is 3.54. The van der Waals surface area contributed by atoms with Gasteiger partial charge in [-0.25, -0.2) is 26.9 Å². The van der Waals surface area contributed by atoms with Gasteiger partial charge >= 0.3 is 0 Å². The van der Waals surface area contributed by atoms with Crippen molar-refractivity contribution in [3.05, 3.63) is 89.0 Å². The van der Waals surface area contributed by atoms with Crippen molar-refractivity contribution in [3.8, 4) is 5.75 Å². The van der Waals surface area contributed by atoms with Gasteiger partial charge in [0, 0.05) is 17.0 Å². The molecule has 0 saturated carbocycles. The van der Waals surface area contributed by atoms with E-state index in [1.807, 2.05) is 0 Å². The molecule has 0 bridgehead atoms. The maximum Gasteiger partial charge on any atom is 0.266 e. The van der Waals surface area contributed by atoms with Crippen LogP contribution in [0.15, 0.2) is 70.6 Å².